The minimum absolute atomic E-state index is 0.0525. The third kappa shape index (κ3) is 2.88. The molecule has 122 valence electrons. The van der Waals surface area contributed by atoms with Gasteiger partial charge in [-0.1, -0.05) is 29.8 Å². The summed E-state index contributed by atoms with van der Waals surface area (Å²) in [6, 6.07) is 8.87. The quantitative estimate of drug-likeness (QED) is 0.868. The van der Waals surface area contributed by atoms with Gasteiger partial charge in [0.2, 0.25) is 0 Å². The van der Waals surface area contributed by atoms with Crippen molar-refractivity contribution in [3.63, 3.8) is 0 Å². The van der Waals surface area contributed by atoms with Crippen LogP contribution in [0.15, 0.2) is 41.4 Å². The minimum Gasteiger partial charge on any atom is -0.301 e. The molecule has 5 nitrogen and oxygen atoms in total. The Morgan fingerprint density at radius 2 is 2.12 bits per heavy atom. The van der Waals surface area contributed by atoms with Crippen molar-refractivity contribution in [2.75, 3.05) is 0 Å². The summed E-state index contributed by atoms with van der Waals surface area (Å²) in [5.41, 5.74) is 4.56. The summed E-state index contributed by atoms with van der Waals surface area (Å²) in [5, 5.41) is 1.24. The first-order chi connectivity index (χ1) is 11.5. The van der Waals surface area contributed by atoms with Crippen LogP contribution in [0.4, 0.5) is 10.1 Å². The molecule has 0 radical (unpaired) electrons. The van der Waals surface area contributed by atoms with Crippen molar-refractivity contribution in [2.45, 2.75) is 13.0 Å². The van der Waals surface area contributed by atoms with Gasteiger partial charge in [-0.05, 0) is 30.7 Å². The van der Waals surface area contributed by atoms with Gasteiger partial charge < -0.3 is 4.79 Å². The molecule has 1 heterocycles. The zero-order valence-electron chi connectivity index (χ0n) is 12.7. The highest BCUT2D eigenvalue weighted by atomic mass is 35.5. The normalized spacial score (nSPS) is 15.8. The molecular weight excluding hydrogens is 333 g/mol. The number of amides is 1. The number of aliphatic imine (C=N–C) groups is 1. The molecular formula is C17H13ClFN3O2. The second-order valence-corrected chi connectivity index (χ2v) is 5.72. The monoisotopic (exact) mass is 345 g/mol. The van der Waals surface area contributed by atoms with Gasteiger partial charge in [0, 0.05) is 11.1 Å². The van der Waals surface area contributed by atoms with E-state index in [4.69, 9.17) is 11.6 Å². The van der Waals surface area contributed by atoms with Gasteiger partial charge in [0.1, 0.15) is 24.5 Å². The number of aryl methyl sites for hydroxylation is 1. The average molecular weight is 346 g/mol. The third-order valence-corrected chi connectivity index (χ3v) is 4.04. The lowest BCUT2D eigenvalue weighted by molar-refractivity contribution is -0.111. The topological polar surface area (TPSA) is 61.8 Å². The van der Waals surface area contributed by atoms with Crippen LogP contribution in [-0.2, 0) is 4.79 Å². The highest BCUT2D eigenvalue weighted by molar-refractivity contribution is 6.31. The first-order valence-corrected chi connectivity index (χ1v) is 7.52. The maximum atomic E-state index is 13.6. The molecule has 0 aliphatic carbocycles. The molecule has 24 heavy (non-hydrogen) atoms. The summed E-state index contributed by atoms with van der Waals surface area (Å²) in [6.45, 7) is 1.65. The molecule has 2 aromatic carbocycles. The summed E-state index contributed by atoms with van der Waals surface area (Å²) in [7, 11) is 0. The van der Waals surface area contributed by atoms with Crippen molar-refractivity contribution >= 4 is 35.8 Å². The number of hydrogen-bond donors (Lipinski definition) is 1. The minimum atomic E-state index is -0.708. The van der Waals surface area contributed by atoms with E-state index in [1.807, 2.05) is 6.07 Å². The molecule has 2 aromatic rings. The Balaban J connectivity index is 1.88. The van der Waals surface area contributed by atoms with E-state index in [0.717, 1.165) is 6.07 Å². The number of hydrazine groups is 1. The molecule has 0 aromatic heterocycles. The fourth-order valence-corrected chi connectivity index (χ4v) is 2.73. The predicted octanol–water partition coefficient (Wildman–Crippen LogP) is 3.35. The lowest BCUT2D eigenvalue weighted by Crippen LogP contribution is -2.45. The third-order valence-electron chi connectivity index (χ3n) is 3.75. The van der Waals surface area contributed by atoms with Gasteiger partial charge in [-0.15, -0.1) is 0 Å². The molecule has 0 saturated heterocycles. The summed E-state index contributed by atoms with van der Waals surface area (Å²) in [5.74, 6) is -1.24. The number of fused-ring (bicyclic) bond motifs is 1. The maximum Gasteiger partial charge on any atom is 0.270 e. The number of hydrogen-bond acceptors (Lipinski definition) is 4. The van der Waals surface area contributed by atoms with Gasteiger partial charge in [-0.2, -0.15) is 0 Å². The van der Waals surface area contributed by atoms with Crippen LogP contribution in [0.5, 0.6) is 0 Å². The number of para-hydroxylation sites is 1. The molecule has 1 amide bonds. The molecule has 0 bridgehead atoms. The molecule has 1 aliphatic heterocycles. The van der Waals surface area contributed by atoms with Crippen LogP contribution in [0.25, 0.3) is 0 Å². The first-order valence-electron chi connectivity index (χ1n) is 7.14. The van der Waals surface area contributed by atoms with Crippen molar-refractivity contribution in [1.82, 2.24) is 10.4 Å². The van der Waals surface area contributed by atoms with Gasteiger partial charge >= 0.3 is 0 Å². The van der Waals surface area contributed by atoms with E-state index in [2.05, 4.69) is 10.4 Å². The summed E-state index contributed by atoms with van der Waals surface area (Å²) in [4.78, 5) is 28.1. The van der Waals surface area contributed by atoms with E-state index in [1.54, 1.807) is 25.1 Å². The molecule has 1 N–H and O–H groups in total. The van der Waals surface area contributed by atoms with Gasteiger partial charge in [0.05, 0.1) is 10.7 Å². The second kappa shape index (κ2) is 6.41. The van der Waals surface area contributed by atoms with Crippen LogP contribution in [0.2, 0.25) is 5.02 Å². The zero-order chi connectivity index (χ0) is 17.3. The van der Waals surface area contributed by atoms with Gasteiger partial charge in [0.15, 0.2) is 0 Å². The SMILES string of the molecule is Cc1cc(Cl)c(F)cc1C(=O)NN1C=Nc2ccccc2C1C=O. The average Bonchev–Trinajstić information content (AvgIpc) is 2.57. The number of aldehydes is 1. The van der Waals surface area contributed by atoms with Crippen LogP contribution < -0.4 is 5.43 Å². The number of nitrogens with zero attached hydrogens (tertiary/aromatic N) is 2. The van der Waals surface area contributed by atoms with Crippen molar-refractivity contribution < 1.29 is 14.0 Å². The fourth-order valence-electron chi connectivity index (χ4n) is 2.51. The first kappa shape index (κ1) is 16.1. The Labute approximate surface area is 142 Å². The number of carbonyl (C=O) groups excluding carboxylic acids is 2. The summed E-state index contributed by atoms with van der Waals surface area (Å²) >= 11 is 5.70. The second-order valence-electron chi connectivity index (χ2n) is 5.31. The van der Waals surface area contributed by atoms with Crippen molar-refractivity contribution in [2.24, 2.45) is 4.99 Å². The molecule has 1 atom stereocenters. The van der Waals surface area contributed by atoms with Gasteiger partial charge in [-0.25, -0.2) is 9.38 Å². The maximum absolute atomic E-state index is 13.6. The molecule has 0 saturated carbocycles. The largest absolute Gasteiger partial charge is 0.301 e. The standard InChI is InChI=1S/C17H13ClFN3O2/c1-10-6-13(18)14(19)7-12(10)17(24)21-22-9-20-15-5-3-2-4-11(15)16(22)8-23/h2-9,16H,1H3,(H,21,24). The lowest BCUT2D eigenvalue weighted by atomic mass is 10.0. The highest BCUT2D eigenvalue weighted by Gasteiger charge is 2.26. The Morgan fingerprint density at radius 1 is 1.38 bits per heavy atom. The van der Waals surface area contributed by atoms with Gasteiger partial charge in [0.25, 0.3) is 5.91 Å². The van der Waals surface area contributed by atoms with Crippen LogP contribution in [0.1, 0.15) is 27.5 Å². The fraction of sp³-hybridized carbons (Fsp3) is 0.118. The molecule has 1 aliphatic rings. The van der Waals surface area contributed by atoms with Gasteiger partial charge in [-0.3, -0.25) is 15.2 Å². The molecule has 3 rings (SSSR count). The summed E-state index contributed by atoms with van der Waals surface area (Å²) in [6.07, 6.45) is 2.07. The van der Waals surface area contributed by atoms with E-state index in [1.165, 1.54) is 17.4 Å². The van der Waals surface area contributed by atoms with E-state index in [0.29, 0.717) is 23.1 Å². The zero-order valence-corrected chi connectivity index (χ0v) is 13.4. The number of halogens is 2. The van der Waals surface area contributed by atoms with E-state index >= 15 is 0 Å². The Hall–Kier alpha value is -2.73. The van der Waals surface area contributed by atoms with E-state index < -0.39 is 17.8 Å². The van der Waals surface area contributed by atoms with Crippen LogP contribution >= 0.6 is 11.6 Å². The smallest absolute Gasteiger partial charge is 0.270 e. The van der Waals surface area contributed by atoms with Crippen molar-refractivity contribution in [1.29, 1.82) is 0 Å². The van der Waals surface area contributed by atoms with Crippen LogP contribution in [-0.4, -0.2) is 23.5 Å². The van der Waals surface area contributed by atoms with E-state index in [-0.39, 0.29) is 10.6 Å². The Kier molecular flexibility index (Phi) is 4.31. The number of carbonyl (C=O) groups is 2. The molecule has 0 fully saturated rings. The van der Waals surface area contributed by atoms with Crippen LogP contribution in [0.3, 0.4) is 0 Å². The molecule has 0 spiro atoms. The number of nitrogens with one attached hydrogen (secondary N) is 1. The summed E-state index contributed by atoms with van der Waals surface area (Å²) < 4.78 is 13.6. The van der Waals surface area contributed by atoms with Crippen molar-refractivity contribution in [3.8, 4) is 0 Å². The number of benzene rings is 2. The lowest BCUT2D eigenvalue weighted by Gasteiger charge is -2.30. The highest BCUT2D eigenvalue weighted by Crippen LogP contribution is 2.30. The predicted molar refractivity (Wildman–Crippen MR) is 88.9 cm³/mol. The molecule has 7 heteroatoms. The Bertz CT molecular complexity index is 854. The van der Waals surface area contributed by atoms with Crippen LogP contribution in [0, 0.1) is 12.7 Å². The number of rotatable bonds is 3. The van der Waals surface area contributed by atoms with Crippen molar-refractivity contribution in [3.05, 3.63) is 63.9 Å². The molecule has 1 unspecified atom stereocenters. The van der Waals surface area contributed by atoms with E-state index in [9.17, 15) is 14.0 Å². The Morgan fingerprint density at radius 3 is 2.88 bits per heavy atom.